The van der Waals surface area contributed by atoms with Gasteiger partial charge in [0.15, 0.2) is 0 Å². The molecule has 8 heteroatoms. The van der Waals surface area contributed by atoms with Crippen LogP contribution in [0.25, 0.3) is 0 Å². The van der Waals surface area contributed by atoms with Gasteiger partial charge < -0.3 is 0 Å². The predicted molar refractivity (Wildman–Crippen MR) is 101 cm³/mol. The summed E-state index contributed by atoms with van der Waals surface area (Å²) in [6.07, 6.45) is 5.00. The molecular weight excluding hydrogens is 399 g/mol. The van der Waals surface area contributed by atoms with Crippen LogP contribution in [0.4, 0.5) is 0 Å². The van der Waals surface area contributed by atoms with Crippen LogP contribution in [-0.2, 0) is 17.3 Å². The minimum absolute atomic E-state index is 0.0186. The molecule has 0 radical (unpaired) electrons. The van der Waals surface area contributed by atoms with Crippen molar-refractivity contribution in [3.05, 3.63) is 11.4 Å². The van der Waals surface area contributed by atoms with E-state index >= 15 is 0 Å². The highest BCUT2D eigenvalue weighted by Crippen LogP contribution is 2.53. The molecule has 0 aliphatic rings. The van der Waals surface area contributed by atoms with Gasteiger partial charge in [-0.15, -0.1) is 5.10 Å². The Morgan fingerprint density at radius 1 is 0.957 bits per heavy atom. The summed E-state index contributed by atoms with van der Waals surface area (Å²) >= 11 is 30.9. The van der Waals surface area contributed by atoms with Crippen molar-refractivity contribution in [1.82, 2.24) is 15.0 Å². The van der Waals surface area contributed by atoms with Gasteiger partial charge in [-0.3, -0.25) is 0 Å². The molecule has 1 heterocycles. The highest BCUT2D eigenvalue weighted by Gasteiger charge is 2.51. The Balaban J connectivity index is 3.16. The molecule has 1 aromatic heterocycles. The van der Waals surface area contributed by atoms with Crippen molar-refractivity contribution in [1.29, 1.82) is 0 Å². The summed E-state index contributed by atoms with van der Waals surface area (Å²) in [4.78, 5) is 0. The third-order valence-corrected chi connectivity index (χ3v) is 5.74. The Bertz CT molecular complexity index is 500. The van der Waals surface area contributed by atoms with E-state index in [0.29, 0.717) is 24.4 Å². The molecule has 0 bridgehead atoms. The lowest BCUT2D eigenvalue weighted by atomic mass is 9.89. The Morgan fingerprint density at radius 2 is 1.57 bits per heavy atom. The molecule has 134 valence electrons. The monoisotopic (exact) mass is 421 g/mol. The smallest absolute Gasteiger partial charge is 0.228 e. The minimum Gasteiger partial charge on any atom is -0.246 e. The Morgan fingerprint density at radius 3 is 2.04 bits per heavy atom. The summed E-state index contributed by atoms with van der Waals surface area (Å²) in [5.74, 6) is 0. The third-order valence-electron chi connectivity index (χ3n) is 3.38. The van der Waals surface area contributed by atoms with E-state index in [2.05, 4.69) is 38.0 Å². The maximum atomic E-state index is 6.43. The molecule has 0 saturated heterocycles. The second kappa shape index (κ2) is 8.31. The number of halogens is 5. The second-order valence-corrected chi connectivity index (χ2v) is 10.6. The van der Waals surface area contributed by atoms with E-state index in [9.17, 15) is 0 Å². The lowest BCUT2D eigenvalue weighted by Gasteiger charge is -2.29. The van der Waals surface area contributed by atoms with Crippen LogP contribution in [0.1, 0.15) is 64.8 Å². The van der Waals surface area contributed by atoms with E-state index in [1.54, 1.807) is 4.68 Å². The fourth-order valence-electron chi connectivity index (χ4n) is 2.29. The maximum Gasteiger partial charge on any atom is 0.228 e. The zero-order valence-corrected chi connectivity index (χ0v) is 17.8. The van der Waals surface area contributed by atoms with Gasteiger partial charge in [-0.1, -0.05) is 110 Å². The van der Waals surface area contributed by atoms with Gasteiger partial charge in [0, 0.05) is 6.54 Å². The normalized spacial score (nSPS) is 13.6. The summed E-state index contributed by atoms with van der Waals surface area (Å²) in [5.41, 5.74) is 1.13. The van der Waals surface area contributed by atoms with Gasteiger partial charge in [0.2, 0.25) is 8.13 Å². The molecule has 0 spiro atoms. The summed E-state index contributed by atoms with van der Waals surface area (Å²) in [5, 5.41) is 8.45. The first-order chi connectivity index (χ1) is 10.4. The van der Waals surface area contributed by atoms with Gasteiger partial charge in [0.25, 0.3) is 0 Å². The highest BCUT2D eigenvalue weighted by molar-refractivity contribution is 6.75. The number of hydrogen-bond acceptors (Lipinski definition) is 2. The van der Waals surface area contributed by atoms with Crippen LogP contribution in [0.3, 0.4) is 0 Å². The summed E-state index contributed by atoms with van der Waals surface area (Å²) in [6, 6.07) is 0. The average molecular weight is 424 g/mol. The zero-order valence-electron chi connectivity index (χ0n) is 14.0. The lowest BCUT2D eigenvalue weighted by molar-refractivity contribution is 0.403. The van der Waals surface area contributed by atoms with Crippen LogP contribution in [0.15, 0.2) is 0 Å². The molecule has 1 rings (SSSR count). The zero-order chi connectivity index (χ0) is 17.9. The maximum absolute atomic E-state index is 6.43. The van der Waals surface area contributed by atoms with E-state index in [-0.39, 0.29) is 5.41 Å². The molecule has 3 nitrogen and oxygen atoms in total. The third kappa shape index (κ3) is 6.11. The average Bonchev–Trinajstić information content (AvgIpc) is 2.74. The van der Waals surface area contributed by atoms with E-state index < -0.39 is 8.13 Å². The Kier molecular flexibility index (Phi) is 7.82. The van der Waals surface area contributed by atoms with Crippen molar-refractivity contribution in [3.8, 4) is 0 Å². The van der Waals surface area contributed by atoms with Crippen LogP contribution in [0.2, 0.25) is 0 Å². The topological polar surface area (TPSA) is 30.7 Å². The molecule has 0 unspecified atom stereocenters. The number of rotatable bonds is 7. The molecule has 1 aromatic rings. The fraction of sp³-hybridized carbons (Fsp3) is 0.867. The van der Waals surface area contributed by atoms with Crippen LogP contribution >= 0.6 is 58.0 Å². The van der Waals surface area contributed by atoms with Crippen LogP contribution in [0, 0.1) is 5.41 Å². The number of aromatic nitrogens is 3. The molecule has 0 aromatic carbocycles. The number of hydrogen-bond donors (Lipinski definition) is 0. The van der Waals surface area contributed by atoms with Crippen molar-refractivity contribution in [2.24, 2.45) is 5.41 Å². The van der Waals surface area contributed by atoms with E-state index in [4.69, 9.17) is 58.0 Å². The van der Waals surface area contributed by atoms with E-state index in [0.717, 1.165) is 25.7 Å². The number of nitrogens with zero attached hydrogens (tertiary/aromatic N) is 3. The molecule has 0 aliphatic carbocycles. The standard InChI is InChI=1S/C15H24Cl5N3/c1-5-6-7-8-9-23-12(14(16,17)15(18,19)20)11(21-22-23)10-13(2,3)4/h5-10H2,1-4H3. The molecule has 0 aliphatic heterocycles. The highest BCUT2D eigenvalue weighted by atomic mass is 35.6. The summed E-state index contributed by atoms with van der Waals surface area (Å²) in [6.45, 7) is 9.09. The van der Waals surface area contributed by atoms with Gasteiger partial charge in [-0.2, -0.15) is 0 Å². The van der Waals surface area contributed by atoms with Crippen molar-refractivity contribution in [2.75, 3.05) is 0 Å². The molecule has 23 heavy (non-hydrogen) atoms. The fourth-order valence-corrected chi connectivity index (χ4v) is 2.97. The minimum atomic E-state index is -1.88. The first-order valence-electron chi connectivity index (χ1n) is 7.77. The van der Waals surface area contributed by atoms with E-state index in [1.807, 2.05) is 0 Å². The molecule has 0 saturated carbocycles. The number of alkyl halides is 5. The van der Waals surface area contributed by atoms with Crippen LogP contribution < -0.4 is 0 Å². The molecule has 0 N–H and O–H groups in total. The number of aryl methyl sites for hydroxylation is 1. The SMILES string of the molecule is CCCCCCn1nnc(CC(C)(C)C)c1C(Cl)(Cl)C(Cl)(Cl)Cl. The second-order valence-electron chi connectivity index (χ2n) is 6.98. The molecule has 0 fully saturated rings. The summed E-state index contributed by atoms with van der Waals surface area (Å²) < 4.78 is -1.92. The molecule has 0 atom stereocenters. The van der Waals surface area contributed by atoms with Crippen molar-refractivity contribution >= 4 is 58.0 Å². The Hall–Kier alpha value is 0.590. The largest absolute Gasteiger partial charge is 0.246 e. The van der Waals surface area contributed by atoms with Gasteiger partial charge in [0.05, 0.1) is 5.69 Å². The van der Waals surface area contributed by atoms with Crippen LogP contribution in [0.5, 0.6) is 0 Å². The van der Waals surface area contributed by atoms with Gasteiger partial charge in [0.1, 0.15) is 5.69 Å². The van der Waals surface area contributed by atoms with Crippen molar-refractivity contribution in [3.63, 3.8) is 0 Å². The lowest BCUT2D eigenvalue weighted by Crippen LogP contribution is -2.33. The quantitative estimate of drug-likeness (QED) is 0.373. The van der Waals surface area contributed by atoms with E-state index in [1.165, 1.54) is 0 Å². The Labute approximate surface area is 163 Å². The van der Waals surface area contributed by atoms with Crippen molar-refractivity contribution in [2.45, 2.75) is 74.5 Å². The first-order valence-corrected chi connectivity index (χ1v) is 9.66. The molecular formula is C15H24Cl5N3. The number of unbranched alkanes of at least 4 members (excludes halogenated alkanes) is 3. The predicted octanol–water partition coefficient (Wildman–Crippen LogP) is 6.45. The van der Waals surface area contributed by atoms with Crippen LogP contribution in [-0.4, -0.2) is 18.8 Å². The summed E-state index contributed by atoms with van der Waals surface area (Å²) in [7, 11) is 0. The van der Waals surface area contributed by atoms with Gasteiger partial charge >= 0.3 is 0 Å². The first kappa shape index (κ1) is 21.6. The molecule has 0 amide bonds. The van der Waals surface area contributed by atoms with Gasteiger partial charge in [-0.25, -0.2) is 4.68 Å². The van der Waals surface area contributed by atoms with Crippen molar-refractivity contribution < 1.29 is 0 Å². The van der Waals surface area contributed by atoms with Gasteiger partial charge in [-0.05, 0) is 18.3 Å².